The molecule has 0 aliphatic rings. The molecular weight excluding hydrogens is 268 g/mol. The lowest BCUT2D eigenvalue weighted by Gasteiger charge is -2.21. The SMILES string of the molecule is N#Cc1ccnc(N(CC(N)=O)Cc2ccccc2N)n1. The average molecular weight is 282 g/mol. The fraction of sp³-hybridized carbons (Fsp3) is 0.143. The van der Waals surface area contributed by atoms with Crippen LogP contribution < -0.4 is 16.4 Å². The molecule has 1 amide bonds. The van der Waals surface area contributed by atoms with Crippen LogP contribution in [0.25, 0.3) is 0 Å². The first-order valence-corrected chi connectivity index (χ1v) is 6.20. The monoisotopic (exact) mass is 282 g/mol. The maximum atomic E-state index is 11.2. The Balaban J connectivity index is 2.32. The molecule has 106 valence electrons. The van der Waals surface area contributed by atoms with Crippen LogP contribution in [0.2, 0.25) is 0 Å². The normalized spacial score (nSPS) is 9.86. The van der Waals surface area contributed by atoms with E-state index in [1.165, 1.54) is 12.3 Å². The summed E-state index contributed by atoms with van der Waals surface area (Å²) in [6, 6.07) is 10.7. The highest BCUT2D eigenvalue weighted by Gasteiger charge is 2.14. The number of nitrogens with two attached hydrogens (primary N) is 2. The van der Waals surface area contributed by atoms with Gasteiger partial charge in [-0.3, -0.25) is 4.79 Å². The van der Waals surface area contributed by atoms with Crippen LogP contribution in [0.4, 0.5) is 11.6 Å². The first-order valence-electron chi connectivity index (χ1n) is 6.20. The zero-order valence-electron chi connectivity index (χ0n) is 11.2. The van der Waals surface area contributed by atoms with Gasteiger partial charge in [0.25, 0.3) is 0 Å². The van der Waals surface area contributed by atoms with E-state index >= 15 is 0 Å². The van der Waals surface area contributed by atoms with Crippen molar-refractivity contribution in [3.8, 4) is 6.07 Å². The summed E-state index contributed by atoms with van der Waals surface area (Å²) in [6.07, 6.45) is 1.46. The molecule has 7 nitrogen and oxygen atoms in total. The van der Waals surface area contributed by atoms with Crippen molar-refractivity contribution < 1.29 is 4.79 Å². The third-order valence-electron chi connectivity index (χ3n) is 2.80. The number of rotatable bonds is 5. The maximum absolute atomic E-state index is 11.2. The van der Waals surface area contributed by atoms with Gasteiger partial charge in [-0.05, 0) is 17.7 Å². The molecule has 21 heavy (non-hydrogen) atoms. The fourth-order valence-electron chi connectivity index (χ4n) is 1.83. The van der Waals surface area contributed by atoms with E-state index in [1.54, 1.807) is 11.0 Å². The molecule has 0 atom stereocenters. The Morgan fingerprint density at radius 2 is 2.10 bits per heavy atom. The molecule has 4 N–H and O–H groups in total. The molecule has 0 spiro atoms. The number of hydrogen-bond acceptors (Lipinski definition) is 6. The van der Waals surface area contributed by atoms with Crippen LogP contribution in [0.15, 0.2) is 36.5 Å². The highest BCUT2D eigenvalue weighted by Crippen LogP contribution is 2.16. The molecule has 0 saturated carbocycles. The summed E-state index contributed by atoms with van der Waals surface area (Å²) in [4.78, 5) is 21.0. The number of primary amides is 1. The number of benzene rings is 1. The zero-order valence-corrected chi connectivity index (χ0v) is 11.2. The molecule has 0 bridgehead atoms. The van der Waals surface area contributed by atoms with E-state index in [-0.39, 0.29) is 18.2 Å². The maximum Gasteiger partial charge on any atom is 0.237 e. The van der Waals surface area contributed by atoms with Crippen molar-refractivity contribution >= 4 is 17.5 Å². The number of nitrogens with zero attached hydrogens (tertiary/aromatic N) is 4. The van der Waals surface area contributed by atoms with E-state index in [0.29, 0.717) is 12.2 Å². The predicted molar refractivity (Wildman–Crippen MR) is 77.8 cm³/mol. The number of carbonyl (C=O) groups excluding carboxylic acids is 1. The average Bonchev–Trinajstić information content (AvgIpc) is 2.48. The van der Waals surface area contributed by atoms with Crippen LogP contribution in [0.3, 0.4) is 0 Å². The van der Waals surface area contributed by atoms with Crippen molar-refractivity contribution in [1.82, 2.24) is 9.97 Å². The molecule has 2 rings (SSSR count). The Labute approximate surface area is 121 Å². The molecule has 0 fully saturated rings. The van der Waals surface area contributed by atoms with E-state index in [4.69, 9.17) is 16.7 Å². The number of amides is 1. The third kappa shape index (κ3) is 3.67. The zero-order chi connectivity index (χ0) is 15.2. The number of anilines is 2. The molecule has 0 unspecified atom stereocenters. The van der Waals surface area contributed by atoms with Crippen molar-refractivity contribution in [3.05, 3.63) is 47.8 Å². The van der Waals surface area contributed by atoms with Crippen LogP contribution in [0.1, 0.15) is 11.3 Å². The Hall–Kier alpha value is -3.14. The van der Waals surface area contributed by atoms with Crippen LogP contribution in [-0.4, -0.2) is 22.4 Å². The Morgan fingerprint density at radius 3 is 2.76 bits per heavy atom. The summed E-state index contributed by atoms with van der Waals surface area (Å²) < 4.78 is 0. The molecule has 0 aliphatic heterocycles. The van der Waals surface area contributed by atoms with Crippen molar-refractivity contribution in [2.75, 3.05) is 17.2 Å². The summed E-state index contributed by atoms with van der Waals surface area (Å²) in [5, 5.41) is 8.89. The first-order chi connectivity index (χ1) is 10.1. The Bertz CT molecular complexity index is 694. The van der Waals surface area contributed by atoms with Gasteiger partial charge in [0.2, 0.25) is 11.9 Å². The predicted octanol–water partition coefficient (Wildman–Crippen LogP) is 0.422. The second-order valence-corrected chi connectivity index (χ2v) is 4.37. The van der Waals surface area contributed by atoms with Crippen LogP contribution in [0, 0.1) is 11.3 Å². The molecular formula is C14H14N6O. The number of carbonyl (C=O) groups is 1. The van der Waals surface area contributed by atoms with Gasteiger partial charge in [0, 0.05) is 18.4 Å². The van der Waals surface area contributed by atoms with Crippen molar-refractivity contribution in [2.24, 2.45) is 5.73 Å². The molecule has 0 aliphatic carbocycles. The topological polar surface area (TPSA) is 122 Å². The van der Waals surface area contributed by atoms with Gasteiger partial charge in [-0.1, -0.05) is 18.2 Å². The van der Waals surface area contributed by atoms with Gasteiger partial charge in [0.15, 0.2) is 0 Å². The molecule has 2 aromatic rings. The minimum Gasteiger partial charge on any atom is -0.398 e. The summed E-state index contributed by atoms with van der Waals surface area (Å²) in [5.41, 5.74) is 12.8. The molecule has 1 aromatic heterocycles. The van der Waals surface area contributed by atoms with Crippen molar-refractivity contribution in [1.29, 1.82) is 5.26 Å². The quantitative estimate of drug-likeness (QED) is 0.766. The van der Waals surface area contributed by atoms with Gasteiger partial charge in [-0.15, -0.1) is 0 Å². The van der Waals surface area contributed by atoms with Gasteiger partial charge >= 0.3 is 0 Å². The minimum atomic E-state index is -0.518. The molecule has 7 heteroatoms. The van der Waals surface area contributed by atoms with Gasteiger partial charge in [-0.2, -0.15) is 5.26 Å². The van der Waals surface area contributed by atoms with E-state index < -0.39 is 5.91 Å². The number of nitriles is 1. The number of nitrogen functional groups attached to an aromatic ring is 1. The van der Waals surface area contributed by atoms with E-state index in [1.807, 2.05) is 24.3 Å². The molecule has 1 aromatic carbocycles. The lowest BCUT2D eigenvalue weighted by Crippen LogP contribution is -2.34. The summed E-state index contributed by atoms with van der Waals surface area (Å²) in [6.45, 7) is 0.258. The van der Waals surface area contributed by atoms with Crippen molar-refractivity contribution in [2.45, 2.75) is 6.54 Å². The van der Waals surface area contributed by atoms with Gasteiger partial charge in [0.05, 0.1) is 6.54 Å². The van der Waals surface area contributed by atoms with Crippen LogP contribution >= 0.6 is 0 Å². The lowest BCUT2D eigenvalue weighted by molar-refractivity contribution is -0.116. The summed E-state index contributed by atoms with van der Waals surface area (Å²) in [7, 11) is 0. The molecule has 0 radical (unpaired) electrons. The third-order valence-corrected chi connectivity index (χ3v) is 2.80. The van der Waals surface area contributed by atoms with Gasteiger partial charge in [-0.25, -0.2) is 9.97 Å². The summed E-state index contributed by atoms with van der Waals surface area (Å²) in [5.74, 6) is -0.258. The second kappa shape index (κ2) is 6.34. The van der Waals surface area contributed by atoms with Crippen molar-refractivity contribution in [3.63, 3.8) is 0 Å². The lowest BCUT2D eigenvalue weighted by atomic mass is 10.1. The van der Waals surface area contributed by atoms with E-state index in [2.05, 4.69) is 9.97 Å². The van der Waals surface area contributed by atoms with E-state index in [9.17, 15) is 4.79 Å². The second-order valence-electron chi connectivity index (χ2n) is 4.37. The van der Waals surface area contributed by atoms with Crippen LogP contribution in [0.5, 0.6) is 0 Å². The Morgan fingerprint density at radius 1 is 1.33 bits per heavy atom. The molecule has 1 heterocycles. The largest absolute Gasteiger partial charge is 0.398 e. The molecule has 0 saturated heterocycles. The fourth-order valence-corrected chi connectivity index (χ4v) is 1.83. The minimum absolute atomic E-state index is 0.0663. The highest BCUT2D eigenvalue weighted by molar-refractivity contribution is 5.79. The van der Waals surface area contributed by atoms with Gasteiger partial charge in [0.1, 0.15) is 11.8 Å². The number of aromatic nitrogens is 2. The smallest absolute Gasteiger partial charge is 0.237 e. The summed E-state index contributed by atoms with van der Waals surface area (Å²) >= 11 is 0. The number of para-hydroxylation sites is 1. The Kier molecular flexibility index (Phi) is 4.31. The first kappa shape index (κ1) is 14.3. The van der Waals surface area contributed by atoms with E-state index in [0.717, 1.165) is 5.56 Å². The van der Waals surface area contributed by atoms with Crippen LogP contribution in [-0.2, 0) is 11.3 Å². The number of hydrogen-bond donors (Lipinski definition) is 2. The van der Waals surface area contributed by atoms with Gasteiger partial charge < -0.3 is 16.4 Å². The standard InChI is InChI=1S/C14H14N6O/c15-7-11-5-6-18-14(19-11)20(9-13(17)21)8-10-3-1-2-4-12(10)16/h1-6H,8-9,16H2,(H2,17,21). The highest BCUT2D eigenvalue weighted by atomic mass is 16.1.